The first-order chi connectivity index (χ1) is 4.93. The lowest BCUT2D eigenvalue weighted by atomic mass is 9.99. The smallest absolute Gasteiger partial charge is 0.126 e. The molecule has 1 rings (SSSR count). The molecule has 0 radical (unpaired) electrons. The maximum absolute atomic E-state index is 8.24. The van der Waals surface area contributed by atoms with Crippen LogP contribution in [-0.2, 0) is 0 Å². The zero-order chi connectivity index (χ0) is 7.23. The number of hydrogen-bond donors (Lipinski definition) is 0. The zero-order valence-corrected chi connectivity index (χ0v) is 6.14. The highest BCUT2D eigenvalue weighted by molar-refractivity contribution is 5.85. The van der Waals surface area contributed by atoms with Crippen molar-refractivity contribution in [3.05, 3.63) is 0 Å². The molecule has 0 atom stereocenters. The molecule has 0 unspecified atom stereocenters. The maximum atomic E-state index is 8.24. The average Bonchev–Trinajstić information content (AvgIpc) is 2.03. The van der Waals surface area contributed by atoms with Gasteiger partial charge in [-0.05, 0) is 25.7 Å². The first kappa shape index (κ1) is 7.27. The van der Waals surface area contributed by atoms with Crippen LogP contribution >= 0.6 is 0 Å². The van der Waals surface area contributed by atoms with E-state index in [1.807, 2.05) is 6.07 Å². The SMILES string of the molecule is N#CCN=C1CCCCC1. The van der Waals surface area contributed by atoms with Crippen LogP contribution in [0.3, 0.4) is 0 Å². The van der Waals surface area contributed by atoms with E-state index >= 15 is 0 Å². The Morgan fingerprint density at radius 3 is 2.60 bits per heavy atom. The highest BCUT2D eigenvalue weighted by Crippen LogP contribution is 2.14. The van der Waals surface area contributed by atoms with Crippen LogP contribution in [0, 0.1) is 11.3 Å². The molecule has 0 aromatic rings. The lowest BCUT2D eigenvalue weighted by molar-refractivity contribution is 0.665. The molecule has 1 aliphatic rings. The van der Waals surface area contributed by atoms with Crippen LogP contribution in [0.1, 0.15) is 32.1 Å². The molecule has 0 saturated heterocycles. The summed E-state index contributed by atoms with van der Waals surface area (Å²) < 4.78 is 0. The Morgan fingerprint density at radius 1 is 1.30 bits per heavy atom. The molecule has 0 heterocycles. The second kappa shape index (κ2) is 4.05. The Hall–Kier alpha value is -0.840. The van der Waals surface area contributed by atoms with Gasteiger partial charge in [0.1, 0.15) is 6.54 Å². The minimum absolute atomic E-state index is 0.356. The van der Waals surface area contributed by atoms with E-state index in [2.05, 4.69) is 4.99 Å². The number of nitriles is 1. The van der Waals surface area contributed by atoms with Crippen molar-refractivity contribution in [1.29, 1.82) is 5.26 Å². The standard InChI is InChI=1S/C8H12N2/c9-6-7-10-8-4-2-1-3-5-8/h1-5,7H2. The van der Waals surface area contributed by atoms with Crippen molar-refractivity contribution in [2.24, 2.45) is 4.99 Å². The lowest BCUT2D eigenvalue weighted by Crippen LogP contribution is -2.04. The highest BCUT2D eigenvalue weighted by Gasteiger charge is 2.04. The van der Waals surface area contributed by atoms with Crippen LogP contribution < -0.4 is 0 Å². The van der Waals surface area contributed by atoms with Gasteiger partial charge < -0.3 is 0 Å². The molecular formula is C8H12N2. The quantitative estimate of drug-likeness (QED) is 0.507. The van der Waals surface area contributed by atoms with Crippen molar-refractivity contribution < 1.29 is 0 Å². The normalized spacial score (nSPS) is 18.1. The molecule has 0 amide bonds. The van der Waals surface area contributed by atoms with Gasteiger partial charge in [-0.15, -0.1) is 0 Å². The van der Waals surface area contributed by atoms with Crippen LogP contribution in [0.2, 0.25) is 0 Å². The van der Waals surface area contributed by atoms with Crippen molar-refractivity contribution >= 4 is 5.71 Å². The molecule has 0 spiro atoms. The number of hydrogen-bond acceptors (Lipinski definition) is 2. The molecule has 1 saturated carbocycles. The van der Waals surface area contributed by atoms with E-state index in [1.165, 1.54) is 25.0 Å². The first-order valence-corrected chi connectivity index (χ1v) is 3.82. The maximum Gasteiger partial charge on any atom is 0.126 e. The highest BCUT2D eigenvalue weighted by atomic mass is 14.7. The van der Waals surface area contributed by atoms with Crippen molar-refractivity contribution in [2.75, 3.05) is 6.54 Å². The van der Waals surface area contributed by atoms with Gasteiger partial charge in [-0.1, -0.05) is 6.42 Å². The molecule has 2 nitrogen and oxygen atoms in total. The van der Waals surface area contributed by atoms with E-state index in [4.69, 9.17) is 5.26 Å². The van der Waals surface area contributed by atoms with E-state index in [9.17, 15) is 0 Å². The summed E-state index contributed by atoms with van der Waals surface area (Å²) >= 11 is 0. The Labute approximate surface area is 61.6 Å². The Kier molecular flexibility index (Phi) is 2.95. The van der Waals surface area contributed by atoms with Crippen LogP contribution in [0.15, 0.2) is 4.99 Å². The van der Waals surface area contributed by atoms with Crippen molar-refractivity contribution in [2.45, 2.75) is 32.1 Å². The second-order valence-corrected chi connectivity index (χ2v) is 2.60. The Bertz CT molecular complexity index is 157. The monoisotopic (exact) mass is 136 g/mol. The minimum Gasteiger partial charge on any atom is -0.279 e. The molecule has 0 aliphatic heterocycles. The average molecular weight is 136 g/mol. The largest absolute Gasteiger partial charge is 0.279 e. The Morgan fingerprint density at radius 2 is 2.00 bits per heavy atom. The molecule has 0 aromatic heterocycles. The van der Waals surface area contributed by atoms with E-state index in [1.54, 1.807) is 0 Å². The lowest BCUT2D eigenvalue weighted by Gasteiger charge is -2.10. The van der Waals surface area contributed by atoms with Gasteiger partial charge in [-0.2, -0.15) is 5.26 Å². The molecule has 0 bridgehead atoms. The molecular weight excluding hydrogens is 124 g/mol. The third-order valence-corrected chi connectivity index (χ3v) is 1.80. The third kappa shape index (κ3) is 2.18. The van der Waals surface area contributed by atoms with Crippen LogP contribution in [-0.4, -0.2) is 12.3 Å². The summed E-state index contributed by atoms with van der Waals surface area (Å²) in [4.78, 5) is 4.16. The van der Waals surface area contributed by atoms with Gasteiger partial charge in [0.05, 0.1) is 6.07 Å². The van der Waals surface area contributed by atoms with Crippen molar-refractivity contribution in [3.8, 4) is 6.07 Å². The molecule has 0 N–H and O–H groups in total. The predicted molar refractivity (Wildman–Crippen MR) is 41.0 cm³/mol. The fourth-order valence-corrected chi connectivity index (χ4v) is 1.27. The van der Waals surface area contributed by atoms with Gasteiger partial charge in [0.2, 0.25) is 0 Å². The van der Waals surface area contributed by atoms with Crippen molar-refractivity contribution in [3.63, 3.8) is 0 Å². The van der Waals surface area contributed by atoms with Gasteiger partial charge >= 0.3 is 0 Å². The van der Waals surface area contributed by atoms with Crippen LogP contribution in [0.4, 0.5) is 0 Å². The van der Waals surface area contributed by atoms with Crippen LogP contribution in [0.25, 0.3) is 0 Å². The van der Waals surface area contributed by atoms with E-state index in [0.717, 1.165) is 12.8 Å². The first-order valence-electron chi connectivity index (χ1n) is 3.82. The molecule has 10 heavy (non-hydrogen) atoms. The summed E-state index contributed by atoms with van der Waals surface area (Å²) in [6.45, 7) is 0.356. The predicted octanol–water partition coefficient (Wildman–Crippen LogP) is 1.92. The van der Waals surface area contributed by atoms with Gasteiger partial charge in [-0.25, -0.2) is 0 Å². The summed E-state index contributed by atoms with van der Waals surface area (Å²) in [5.41, 5.74) is 1.26. The Balaban J connectivity index is 2.32. The summed E-state index contributed by atoms with van der Waals surface area (Å²) in [5.74, 6) is 0. The fraction of sp³-hybridized carbons (Fsp3) is 0.750. The zero-order valence-electron chi connectivity index (χ0n) is 6.14. The molecule has 1 fully saturated rings. The molecule has 0 aromatic carbocycles. The van der Waals surface area contributed by atoms with Gasteiger partial charge in [-0.3, -0.25) is 4.99 Å². The fourth-order valence-electron chi connectivity index (χ4n) is 1.27. The summed E-state index contributed by atoms with van der Waals surface area (Å²) in [5, 5.41) is 8.24. The topological polar surface area (TPSA) is 36.1 Å². The molecule has 1 aliphatic carbocycles. The number of aliphatic imine (C=N–C) groups is 1. The van der Waals surface area contributed by atoms with E-state index in [0.29, 0.717) is 6.54 Å². The van der Waals surface area contributed by atoms with Crippen LogP contribution in [0.5, 0.6) is 0 Å². The molecule has 2 heteroatoms. The summed E-state index contributed by atoms with van der Waals surface area (Å²) in [6.07, 6.45) is 6.13. The summed E-state index contributed by atoms with van der Waals surface area (Å²) in [7, 11) is 0. The van der Waals surface area contributed by atoms with Gasteiger partial charge in [0.25, 0.3) is 0 Å². The minimum atomic E-state index is 0.356. The van der Waals surface area contributed by atoms with Crippen molar-refractivity contribution in [1.82, 2.24) is 0 Å². The third-order valence-electron chi connectivity index (χ3n) is 1.80. The van der Waals surface area contributed by atoms with Gasteiger partial charge in [0.15, 0.2) is 0 Å². The number of nitrogens with zero attached hydrogens (tertiary/aromatic N) is 2. The summed E-state index contributed by atoms with van der Waals surface area (Å²) in [6, 6.07) is 2.03. The van der Waals surface area contributed by atoms with Gasteiger partial charge in [0, 0.05) is 5.71 Å². The molecule has 54 valence electrons. The second-order valence-electron chi connectivity index (χ2n) is 2.60. The van der Waals surface area contributed by atoms with E-state index in [-0.39, 0.29) is 0 Å². The number of rotatable bonds is 1. The van der Waals surface area contributed by atoms with E-state index < -0.39 is 0 Å².